The number of rotatable bonds is 13. The molecule has 3 rings (SSSR count). The van der Waals surface area contributed by atoms with Crippen molar-refractivity contribution in [1.82, 2.24) is 5.32 Å². The maximum absolute atomic E-state index is 11.9. The first kappa shape index (κ1) is 25.6. The van der Waals surface area contributed by atoms with Crippen LogP contribution < -0.4 is 19.5 Å². The lowest BCUT2D eigenvalue weighted by molar-refractivity contribution is 0.104. The Morgan fingerprint density at radius 3 is 2.26 bits per heavy atom. The van der Waals surface area contributed by atoms with Crippen LogP contribution >= 0.6 is 0 Å². The van der Waals surface area contributed by atoms with Gasteiger partial charge >= 0.3 is 0 Å². The maximum atomic E-state index is 11.9. The van der Waals surface area contributed by atoms with Gasteiger partial charge < -0.3 is 24.6 Å². The van der Waals surface area contributed by atoms with Crippen LogP contribution in [-0.4, -0.2) is 52.2 Å². The minimum Gasteiger partial charge on any atom is -0.492 e. The van der Waals surface area contributed by atoms with Gasteiger partial charge in [0.05, 0.1) is 0 Å². The van der Waals surface area contributed by atoms with Crippen molar-refractivity contribution >= 4 is 9.84 Å². The van der Waals surface area contributed by atoms with Crippen molar-refractivity contribution in [2.24, 2.45) is 0 Å². The lowest BCUT2D eigenvalue weighted by atomic mass is 10.2. The topological polar surface area (TPSA) is 94.1 Å². The maximum Gasteiger partial charge on any atom is 0.179 e. The molecule has 3 aromatic carbocycles. The molecule has 1 unspecified atom stereocenters. The molecule has 0 amide bonds. The molecule has 0 aromatic heterocycles. The Morgan fingerprint density at radius 2 is 1.59 bits per heavy atom. The van der Waals surface area contributed by atoms with E-state index < -0.39 is 15.9 Å². The summed E-state index contributed by atoms with van der Waals surface area (Å²) in [6.07, 6.45) is 0.336. The summed E-state index contributed by atoms with van der Waals surface area (Å²) in [5, 5.41) is 13.3. The largest absolute Gasteiger partial charge is 0.492 e. The lowest BCUT2D eigenvalue weighted by Crippen LogP contribution is -2.33. The molecular weight excluding hydrogens is 454 g/mol. The number of aryl methyl sites for hydroxylation is 1. The molecule has 0 aliphatic heterocycles. The second-order valence-electron chi connectivity index (χ2n) is 7.99. The average molecular weight is 486 g/mol. The standard InChI is InChI=1S/C26H31NO6S/c1-20-8-13-26(34(2,29)30)25(16-20)33-19-22(28)17-27-14-15-31-23-9-11-24(12-10-23)32-18-21-6-4-3-5-7-21/h3-13,16,22,27-28H,14-15,17-19H2,1-2H3. The molecule has 7 nitrogen and oxygen atoms in total. The van der Waals surface area contributed by atoms with E-state index in [0.717, 1.165) is 28.9 Å². The zero-order chi connectivity index (χ0) is 24.4. The van der Waals surface area contributed by atoms with Crippen LogP contribution in [0.15, 0.2) is 77.7 Å². The molecule has 0 heterocycles. The molecule has 0 aliphatic carbocycles. The van der Waals surface area contributed by atoms with Crippen LogP contribution in [0.5, 0.6) is 17.2 Å². The van der Waals surface area contributed by atoms with Crippen LogP contribution in [0.3, 0.4) is 0 Å². The van der Waals surface area contributed by atoms with Crippen LogP contribution in [0.1, 0.15) is 11.1 Å². The number of nitrogens with one attached hydrogen (secondary N) is 1. The van der Waals surface area contributed by atoms with Gasteiger partial charge in [-0.3, -0.25) is 0 Å². The van der Waals surface area contributed by atoms with Gasteiger partial charge in [0.15, 0.2) is 9.84 Å². The Bertz CT molecular complexity index is 1130. The van der Waals surface area contributed by atoms with Crippen molar-refractivity contribution in [3.05, 3.63) is 83.9 Å². The predicted octanol–water partition coefficient (Wildman–Crippen LogP) is 3.39. The lowest BCUT2D eigenvalue weighted by Gasteiger charge is -2.16. The van der Waals surface area contributed by atoms with Crippen molar-refractivity contribution in [3.63, 3.8) is 0 Å². The highest BCUT2D eigenvalue weighted by atomic mass is 32.2. The van der Waals surface area contributed by atoms with E-state index in [-0.39, 0.29) is 23.8 Å². The molecular formula is C26H31NO6S. The summed E-state index contributed by atoms with van der Waals surface area (Å²) in [7, 11) is -3.41. The summed E-state index contributed by atoms with van der Waals surface area (Å²) >= 11 is 0. The molecule has 0 radical (unpaired) electrons. The van der Waals surface area contributed by atoms with E-state index in [1.807, 2.05) is 61.5 Å². The Labute approximate surface area is 201 Å². The van der Waals surface area contributed by atoms with Crippen molar-refractivity contribution in [2.45, 2.75) is 24.5 Å². The van der Waals surface area contributed by atoms with Crippen molar-refractivity contribution in [3.8, 4) is 17.2 Å². The first-order chi connectivity index (χ1) is 16.3. The van der Waals surface area contributed by atoms with Gasteiger partial charge in [-0.15, -0.1) is 0 Å². The first-order valence-electron chi connectivity index (χ1n) is 11.0. The van der Waals surface area contributed by atoms with E-state index in [9.17, 15) is 13.5 Å². The summed E-state index contributed by atoms with van der Waals surface area (Å²) < 4.78 is 40.9. The molecule has 182 valence electrons. The number of aliphatic hydroxyl groups excluding tert-OH is 1. The minimum atomic E-state index is -3.41. The zero-order valence-corrected chi connectivity index (χ0v) is 20.3. The Balaban J connectivity index is 1.33. The first-order valence-corrected chi connectivity index (χ1v) is 12.9. The molecule has 0 saturated carbocycles. The van der Waals surface area contributed by atoms with Gasteiger partial charge in [0.2, 0.25) is 0 Å². The van der Waals surface area contributed by atoms with E-state index in [1.165, 1.54) is 6.07 Å². The molecule has 8 heteroatoms. The van der Waals surface area contributed by atoms with E-state index in [4.69, 9.17) is 14.2 Å². The van der Waals surface area contributed by atoms with E-state index in [1.54, 1.807) is 12.1 Å². The van der Waals surface area contributed by atoms with Crippen LogP contribution in [0.4, 0.5) is 0 Å². The molecule has 1 atom stereocenters. The molecule has 0 aliphatic rings. The van der Waals surface area contributed by atoms with Gasteiger partial charge in [0.1, 0.15) is 48.1 Å². The van der Waals surface area contributed by atoms with Crippen LogP contribution in [0.25, 0.3) is 0 Å². The molecule has 2 N–H and O–H groups in total. The zero-order valence-electron chi connectivity index (χ0n) is 19.4. The summed E-state index contributed by atoms with van der Waals surface area (Å²) in [5.74, 6) is 1.75. The molecule has 0 saturated heterocycles. The normalized spacial score (nSPS) is 12.2. The fourth-order valence-corrected chi connectivity index (χ4v) is 3.96. The van der Waals surface area contributed by atoms with E-state index in [2.05, 4.69) is 5.32 Å². The molecule has 0 spiro atoms. The minimum absolute atomic E-state index is 0.0235. The molecule has 0 bridgehead atoms. The SMILES string of the molecule is Cc1ccc(S(C)(=O)=O)c(OCC(O)CNCCOc2ccc(OCc3ccccc3)cc2)c1. The third kappa shape index (κ3) is 8.37. The molecule has 0 fully saturated rings. The quantitative estimate of drug-likeness (QED) is 0.359. The van der Waals surface area contributed by atoms with Gasteiger partial charge in [-0.2, -0.15) is 0 Å². The van der Waals surface area contributed by atoms with E-state index in [0.29, 0.717) is 19.8 Å². The Morgan fingerprint density at radius 1 is 0.912 bits per heavy atom. The third-order valence-corrected chi connectivity index (χ3v) is 6.07. The van der Waals surface area contributed by atoms with Gasteiger partial charge in [-0.05, 0) is 54.4 Å². The molecule has 3 aromatic rings. The third-order valence-electron chi connectivity index (χ3n) is 4.93. The highest BCUT2D eigenvalue weighted by Gasteiger charge is 2.16. The van der Waals surface area contributed by atoms with Gasteiger partial charge in [-0.25, -0.2) is 8.42 Å². The van der Waals surface area contributed by atoms with E-state index >= 15 is 0 Å². The fraction of sp³-hybridized carbons (Fsp3) is 0.308. The second-order valence-corrected chi connectivity index (χ2v) is 9.97. The average Bonchev–Trinajstić information content (AvgIpc) is 2.82. The second kappa shape index (κ2) is 12.4. The molecule has 34 heavy (non-hydrogen) atoms. The van der Waals surface area contributed by atoms with Crippen LogP contribution in [-0.2, 0) is 16.4 Å². The summed E-state index contributed by atoms with van der Waals surface area (Å²) in [6, 6.07) is 22.3. The summed E-state index contributed by atoms with van der Waals surface area (Å²) in [6.45, 7) is 3.58. The van der Waals surface area contributed by atoms with Crippen molar-refractivity contribution in [2.75, 3.05) is 32.6 Å². The number of benzene rings is 3. The van der Waals surface area contributed by atoms with Crippen LogP contribution in [0.2, 0.25) is 0 Å². The predicted molar refractivity (Wildman–Crippen MR) is 131 cm³/mol. The monoisotopic (exact) mass is 485 g/mol. The van der Waals surface area contributed by atoms with Crippen LogP contribution in [0, 0.1) is 6.92 Å². The van der Waals surface area contributed by atoms with Crippen molar-refractivity contribution < 1.29 is 27.7 Å². The van der Waals surface area contributed by atoms with Gasteiger partial charge in [0.25, 0.3) is 0 Å². The van der Waals surface area contributed by atoms with Crippen molar-refractivity contribution in [1.29, 1.82) is 0 Å². The fourth-order valence-electron chi connectivity index (χ4n) is 3.16. The number of hydrogen-bond acceptors (Lipinski definition) is 7. The number of hydrogen-bond donors (Lipinski definition) is 2. The Hall–Kier alpha value is -3.07. The highest BCUT2D eigenvalue weighted by molar-refractivity contribution is 7.90. The summed E-state index contributed by atoms with van der Waals surface area (Å²) in [4.78, 5) is 0.114. The van der Waals surface area contributed by atoms with Gasteiger partial charge in [0, 0.05) is 19.3 Å². The number of aliphatic hydroxyl groups is 1. The summed E-state index contributed by atoms with van der Waals surface area (Å²) in [5.41, 5.74) is 1.99. The smallest absolute Gasteiger partial charge is 0.179 e. The number of sulfone groups is 1. The Kier molecular flexibility index (Phi) is 9.33. The highest BCUT2D eigenvalue weighted by Crippen LogP contribution is 2.25. The van der Waals surface area contributed by atoms with Gasteiger partial charge in [-0.1, -0.05) is 36.4 Å². The number of ether oxygens (including phenoxy) is 3.